The molecule has 1 aromatic heterocycles. The van der Waals surface area contributed by atoms with Gasteiger partial charge in [-0.25, -0.2) is 0 Å². The highest BCUT2D eigenvalue weighted by molar-refractivity contribution is 7.99. The molecule has 1 unspecified atom stereocenters. The molecule has 0 saturated heterocycles. The lowest BCUT2D eigenvalue weighted by atomic mass is 10.1. The first-order valence-electron chi connectivity index (χ1n) is 10.8. The standard InChI is InChI=1S/C24H31N5O2S/c1-5-28(6-2)22(19-10-8-7-9-11-19)16-25-23(30)17-32-24-27-26-18(3)29(24)20-12-14-21(31-4)15-13-20/h7-15,22H,5-6,16-17H2,1-4H3,(H,25,30). The van der Waals surface area contributed by atoms with Gasteiger partial charge in [-0.05, 0) is 49.8 Å². The van der Waals surface area contributed by atoms with Gasteiger partial charge in [-0.2, -0.15) is 0 Å². The number of methoxy groups -OCH3 is 1. The lowest BCUT2D eigenvalue weighted by molar-refractivity contribution is -0.118. The number of amides is 1. The lowest BCUT2D eigenvalue weighted by Crippen LogP contribution is -2.38. The van der Waals surface area contributed by atoms with Crippen LogP contribution in [-0.4, -0.2) is 58.1 Å². The van der Waals surface area contributed by atoms with E-state index in [2.05, 4.69) is 46.4 Å². The largest absolute Gasteiger partial charge is 0.497 e. The highest BCUT2D eigenvalue weighted by Crippen LogP contribution is 2.24. The number of aryl methyl sites for hydroxylation is 1. The fraction of sp³-hybridized carbons (Fsp3) is 0.375. The average Bonchev–Trinajstić information content (AvgIpc) is 3.21. The first kappa shape index (κ1) is 23.8. The number of thioether (sulfide) groups is 1. The molecule has 1 amide bonds. The first-order chi connectivity index (χ1) is 15.6. The number of aromatic nitrogens is 3. The van der Waals surface area contributed by atoms with Crippen molar-refractivity contribution in [3.63, 3.8) is 0 Å². The maximum atomic E-state index is 12.7. The number of carbonyl (C=O) groups excluding carboxylic acids is 1. The smallest absolute Gasteiger partial charge is 0.230 e. The van der Waals surface area contributed by atoms with E-state index in [1.54, 1.807) is 7.11 Å². The van der Waals surface area contributed by atoms with Crippen LogP contribution in [0.15, 0.2) is 59.8 Å². The molecule has 0 spiro atoms. The Bertz CT molecular complexity index is 987. The van der Waals surface area contributed by atoms with Crippen LogP contribution in [0.2, 0.25) is 0 Å². The highest BCUT2D eigenvalue weighted by atomic mass is 32.2. The molecule has 0 radical (unpaired) electrons. The van der Waals surface area contributed by atoms with E-state index >= 15 is 0 Å². The molecule has 3 aromatic rings. The SMILES string of the molecule is CCN(CC)C(CNC(=O)CSc1nnc(C)n1-c1ccc(OC)cc1)c1ccccc1. The summed E-state index contributed by atoms with van der Waals surface area (Å²) in [5.41, 5.74) is 2.14. The molecule has 3 rings (SSSR count). The van der Waals surface area contributed by atoms with E-state index in [4.69, 9.17) is 4.74 Å². The second kappa shape index (κ2) is 11.7. The third-order valence-corrected chi connectivity index (χ3v) is 6.32. The van der Waals surface area contributed by atoms with E-state index in [9.17, 15) is 4.79 Å². The summed E-state index contributed by atoms with van der Waals surface area (Å²) < 4.78 is 7.18. The van der Waals surface area contributed by atoms with Gasteiger partial charge in [-0.3, -0.25) is 14.3 Å². The number of benzene rings is 2. The Morgan fingerprint density at radius 1 is 1.09 bits per heavy atom. The van der Waals surface area contributed by atoms with Crippen molar-refractivity contribution in [1.82, 2.24) is 25.0 Å². The van der Waals surface area contributed by atoms with E-state index in [1.807, 2.05) is 54.0 Å². The molecule has 0 aliphatic carbocycles. The van der Waals surface area contributed by atoms with Crippen LogP contribution in [0.4, 0.5) is 0 Å². The van der Waals surface area contributed by atoms with Crippen LogP contribution in [0.5, 0.6) is 5.75 Å². The molecule has 32 heavy (non-hydrogen) atoms. The van der Waals surface area contributed by atoms with E-state index in [-0.39, 0.29) is 17.7 Å². The van der Waals surface area contributed by atoms with Crippen molar-refractivity contribution in [2.75, 3.05) is 32.5 Å². The van der Waals surface area contributed by atoms with Gasteiger partial charge in [0.25, 0.3) is 0 Å². The van der Waals surface area contributed by atoms with Gasteiger partial charge in [0.2, 0.25) is 5.91 Å². The van der Waals surface area contributed by atoms with Crippen molar-refractivity contribution in [2.45, 2.75) is 32.0 Å². The molecule has 2 aromatic carbocycles. The fourth-order valence-electron chi connectivity index (χ4n) is 3.65. The Balaban J connectivity index is 1.63. The Morgan fingerprint density at radius 2 is 1.78 bits per heavy atom. The fourth-order valence-corrected chi connectivity index (χ4v) is 4.48. The van der Waals surface area contributed by atoms with Crippen LogP contribution >= 0.6 is 11.8 Å². The van der Waals surface area contributed by atoms with Gasteiger partial charge in [0, 0.05) is 12.2 Å². The Morgan fingerprint density at radius 3 is 2.41 bits per heavy atom. The number of likely N-dealkylation sites (N-methyl/N-ethyl adjacent to an activating group) is 1. The predicted molar refractivity (Wildman–Crippen MR) is 128 cm³/mol. The van der Waals surface area contributed by atoms with E-state index in [1.165, 1.54) is 17.3 Å². The molecular formula is C24H31N5O2S. The topological polar surface area (TPSA) is 72.3 Å². The lowest BCUT2D eigenvalue weighted by Gasteiger charge is -2.30. The van der Waals surface area contributed by atoms with Crippen LogP contribution in [0.25, 0.3) is 5.69 Å². The maximum Gasteiger partial charge on any atom is 0.230 e. The summed E-state index contributed by atoms with van der Waals surface area (Å²) in [4.78, 5) is 15.0. The minimum Gasteiger partial charge on any atom is -0.497 e. The second-order valence-electron chi connectivity index (χ2n) is 7.30. The van der Waals surface area contributed by atoms with Gasteiger partial charge in [0.05, 0.1) is 18.9 Å². The van der Waals surface area contributed by atoms with Crippen LogP contribution in [0.1, 0.15) is 31.3 Å². The summed E-state index contributed by atoms with van der Waals surface area (Å²) in [5.74, 6) is 1.80. The molecular weight excluding hydrogens is 422 g/mol. The molecule has 1 atom stereocenters. The minimum atomic E-state index is -0.0231. The number of hydrogen-bond donors (Lipinski definition) is 1. The van der Waals surface area contributed by atoms with E-state index in [0.717, 1.165) is 30.4 Å². The zero-order valence-corrected chi connectivity index (χ0v) is 19.9. The molecule has 0 aliphatic rings. The maximum absolute atomic E-state index is 12.7. The van der Waals surface area contributed by atoms with Crippen LogP contribution in [0, 0.1) is 6.92 Å². The molecule has 0 saturated carbocycles. The Hall–Kier alpha value is -2.84. The molecule has 1 heterocycles. The summed E-state index contributed by atoms with van der Waals surface area (Å²) in [7, 11) is 1.64. The van der Waals surface area contributed by atoms with Gasteiger partial charge in [0.1, 0.15) is 11.6 Å². The number of nitrogens with one attached hydrogen (secondary N) is 1. The van der Waals surface area contributed by atoms with Gasteiger partial charge < -0.3 is 10.1 Å². The average molecular weight is 454 g/mol. The van der Waals surface area contributed by atoms with Crippen molar-refractivity contribution in [3.05, 3.63) is 66.0 Å². The normalized spacial score (nSPS) is 12.0. The van der Waals surface area contributed by atoms with E-state index in [0.29, 0.717) is 11.7 Å². The van der Waals surface area contributed by atoms with Crippen LogP contribution in [0.3, 0.4) is 0 Å². The van der Waals surface area contributed by atoms with Crippen LogP contribution in [-0.2, 0) is 4.79 Å². The predicted octanol–water partition coefficient (Wildman–Crippen LogP) is 3.88. The number of carbonyl (C=O) groups is 1. The van der Waals surface area contributed by atoms with Gasteiger partial charge in [-0.15, -0.1) is 10.2 Å². The van der Waals surface area contributed by atoms with Gasteiger partial charge in [0.15, 0.2) is 5.16 Å². The third-order valence-electron chi connectivity index (χ3n) is 5.39. The molecule has 8 heteroatoms. The van der Waals surface area contributed by atoms with Gasteiger partial charge in [-0.1, -0.05) is 55.9 Å². The molecule has 170 valence electrons. The number of rotatable bonds is 11. The third kappa shape index (κ3) is 5.89. The summed E-state index contributed by atoms with van der Waals surface area (Å²) in [6.45, 7) is 8.60. The molecule has 0 fully saturated rings. The van der Waals surface area contributed by atoms with Crippen LogP contribution < -0.4 is 10.1 Å². The van der Waals surface area contributed by atoms with Crippen molar-refractivity contribution in [1.29, 1.82) is 0 Å². The zero-order valence-electron chi connectivity index (χ0n) is 19.1. The van der Waals surface area contributed by atoms with Crippen molar-refractivity contribution < 1.29 is 9.53 Å². The quantitative estimate of drug-likeness (QED) is 0.444. The first-order valence-corrected chi connectivity index (χ1v) is 11.8. The summed E-state index contributed by atoms with van der Waals surface area (Å²) >= 11 is 1.38. The number of ether oxygens (including phenoxy) is 1. The Labute approximate surface area is 194 Å². The summed E-state index contributed by atoms with van der Waals surface area (Å²) in [5, 5.41) is 12.2. The molecule has 1 N–H and O–H groups in total. The zero-order chi connectivity index (χ0) is 22.9. The number of hydrogen-bond acceptors (Lipinski definition) is 6. The molecule has 0 bridgehead atoms. The van der Waals surface area contributed by atoms with E-state index < -0.39 is 0 Å². The summed E-state index contributed by atoms with van der Waals surface area (Å²) in [6.07, 6.45) is 0. The van der Waals surface area contributed by atoms with Crippen molar-refractivity contribution in [2.24, 2.45) is 0 Å². The van der Waals surface area contributed by atoms with Crippen molar-refractivity contribution in [3.8, 4) is 11.4 Å². The minimum absolute atomic E-state index is 0.0231. The monoisotopic (exact) mass is 453 g/mol. The van der Waals surface area contributed by atoms with Gasteiger partial charge >= 0.3 is 0 Å². The highest BCUT2D eigenvalue weighted by Gasteiger charge is 2.19. The number of nitrogens with zero attached hydrogens (tertiary/aromatic N) is 4. The Kier molecular flexibility index (Phi) is 8.70. The van der Waals surface area contributed by atoms with Crippen molar-refractivity contribution >= 4 is 17.7 Å². The summed E-state index contributed by atoms with van der Waals surface area (Å²) in [6, 6.07) is 18.2. The molecule has 7 nitrogen and oxygen atoms in total. The molecule has 0 aliphatic heterocycles. The second-order valence-corrected chi connectivity index (χ2v) is 8.25.